The molecular weight excluding hydrogens is 573 g/mol. The molecule has 0 radical (unpaired) electrons. The smallest absolute Gasteiger partial charge is 0.416 e. The fourth-order valence-corrected chi connectivity index (χ4v) is 4.21. The van der Waals surface area contributed by atoms with Gasteiger partial charge in [-0.05, 0) is 75.7 Å². The molecule has 0 bridgehead atoms. The van der Waals surface area contributed by atoms with Gasteiger partial charge in [0.25, 0.3) is 5.56 Å². The normalized spacial score (nSPS) is 12.2. The third-order valence-corrected chi connectivity index (χ3v) is 6.19. The van der Waals surface area contributed by atoms with Gasteiger partial charge in [0.05, 0.1) is 24.5 Å². The summed E-state index contributed by atoms with van der Waals surface area (Å²) < 4.78 is 51.3. The highest BCUT2D eigenvalue weighted by atomic mass is 35.5. The van der Waals surface area contributed by atoms with Crippen LogP contribution in [-0.4, -0.2) is 35.6 Å². The molecule has 0 saturated carbocycles. The van der Waals surface area contributed by atoms with Gasteiger partial charge in [-0.1, -0.05) is 25.4 Å². The molecule has 0 aliphatic rings. The predicted molar refractivity (Wildman–Crippen MR) is 158 cm³/mol. The van der Waals surface area contributed by atoms with Crippen molar-refractivity contribution in [1.29, 1.82) is 0 Å². The van der Waals surface area contributed by atoms with Crippen LogP contribution in [0.5, 0.6) is 5.75 Å². The number of hydrogen-bond acceptors (Lipinski definition) is 5. The first kappa shape index (κ1) is 34.6. The molecule has 1 heterocycles. The number of alkyl halides is 3. The average molecular weight is 609 g/mol. The van der Waals surface area contributed by atoms with Gasteiger partial charge in [-0.15, -0.1) is 0 Å². The maximum Gasteiger partial charge on any atom is 0.416 e. The molecule has 3 rings (SSSR count). The van der Waals surface area contributed by atoms with Crippen LogP contribution < -0.4 is 15.6 Å². The van der Waals surface area contributed by atoms with E-state index in [9.17, 15) is 27.6 Å². The quantitative estimate of drug-likeness (QED) is 0.250. The number of anilines is 1. The van der Waals surface area contributed by atoms with Crippen LogP contribution in [0.1, 0.15) is 69.9 Å². The highest BCUT2D eigenvalue weighted by molar-refractivity contribution is 6.31. The zero-order valence-corrected chi connectivity index (χ0v) is 25.4. The van der Waals surface area contributed by atoms with E-state index in [4.69, 9.17) is 21.1 Å². The fourth-order valence-electron chi connectivity index (χ4n) is 4.03. The summed E-state index contributed by atoms with van der Waals surface area (Å²) in [6.07, 6.45) is -3.09. The Morgan fingerprint density at radius 1 is 1.00 bits per heavy atom. The van der Waals surface area contributed by atoms with Crippen LogP contribution in [0, 0.1) is 0 Å². The number of nitrogens with one attached hydrogen (secondary N) is 1. The zero-order valence-electron chi connectivity index (χ0n) is 24.7. The van der Waals surface area contributed by atoms with Crippen molar-refractivity contribution in [3.8, 4) is 16.9 Å². The molecule has 0 saturated heterocycles. The molecule has 1 atom stereocenters. The molecular formula is C31H36ClF3N2O5. The van der Waals surface area contributed by atoms with Crippen molar-refractivity contribution in [3.63, 3.8) is 0 Å². The molecule has 1 aromatic heterocycles. The number of ether oxygens (including phenoxy) is 2. The predicted octanol–water partition coefficient (Wildman–Crippen LogP) is 7.81. The lowest BCUT2D eigenvalue weighted by atomic mass is 9.97. The Morgan fingerprint density at radius 3 is 2.14 bits per heavy atom. The summed E-state index contributed by atoms with van der Waals surface area (Å²) in [6, 6.07) is 8.79. The molecule has 1 N–H and O–H groups in total. The van der Waals surface area contributed by atoms with E-state index in [1.54, 1.807) is 18.2 Å². The average Bonchev–Trinajstić information content (AvgIpc) is 2.91. The second kappa shape index (κ2) is 14.5. The molecule has 0 aliphatic heterocycles. The highest BCUT2D eigenvalue weighted by Gasteiger charge is 2.30. The van der Waals surface area contributed by atoms with Gasteiger partial charge in [0.2, 0.25) is 5.91 Å². The maximum atomic E-state index is 13.4. The van der Waals surface area contributed by atoms with E-state index in [0.717, 1.165) is 24.3 Å². The monoisotopic (exact) mass is 608 g/mol. The van der Waals surface area contributed by atoms with Crippen LogP contribution in [0.2, 0.25) is 5.02 Å². The number of ketones is 1. The molecule has 0 spiro atoms. The lowest BCUT2D eigenvalue weighted by molar-refractivity contribution is -0.137. The zero-order chi connectivity index (χ0) is 31.8. The Hall–Kier alpha value is -3.63. The fraction of sp³-hybridized carbons (Fsp3) is 0.387. The third kappa shape index (κ3) is 9.19. The van der Waals surface area contributed by atoms with E-state index in [0.29, 0.717) is 21.7 Å². The number of amides is 1. The summed E-state index contributed by atoms with van der Waals surface area (Å²) in [5.74, 6) is -0.680. The van der Waals surface area contributed by atoms with Crippen molar-refractivity contribution in [1.82, 2.24) is 4.57 Å². The first-order chi connectivity index (χ1) is 19.6. The second-order valence-corrected chi connectivity index (χ2v) is 10.5. The number of pyridine rings is 1. The Kier molecular flexibility index (Phi) is 11.9. The van der Waals surface area contributed by atoms with Crippen molar-refractivity contribution in [2.24, 2.45) is 0 Å². The number of halogens is 4. The van der Waals surface area contributed by atoms with Gasteiger partial charge in [0, 0.05) is 40.9 Å². The molecule has 1 unspecified atom stereocenters. The molecule has 0 aliphatic carbocycles. The minimum atomic E-state index is -4.52. The van der Waals surface area contributed by atoms with Crippen LogP contribution in [-0.2, 0) is 15.7 Å². The Bertz CT molecular complexity index is 1440. The first-order valence-corrected chi connectivity index (χ1v) is 13.7. The number of carbonyl (C=O) groups excluding carboxylic acids is 2. The summed E-state index contributed by atoms with van der Waals surface area (Å²) in [7, 11) is 1.38. The van der Waals surface area contributed by atoms with Gasteiger partial charge in [0.1, 0.15) is 11.8 Å². The third-order valence-electron chi connectivity index (χ3n) is 5.96. The molecule has 11 heteroatoms. The van der Waals surface area contributed by atoms with Crippen LogP contribution >= 0.6 is 11.6 Å². The SMILES string of the molecule is CC.COc1cn(C(CCOC(C)(C)C)C(=O)Nc2ccc(C(F)(F)F)cc2)c(=O)cc1-c1cc(Cl)ccc1C(C)=O. The van der Waals surface area contributed by atoms with Gasteiger partial charge in [0.15, 0.2) is 5.78 Å². The number of methoxy groups -OCH3 is 1. The number of benzene rings is 2. The topological polar surface area (TPSA) is 86.6 Å². The van der Waals surface area contributed by atoms with Gasteiger partial charge in [-0.3, -0.25) is 19.0 Å². The van der Waals surface area contributed by atoms with Crippen molar-refractivity contribution in [3.05, 3.63) is 81.2 Å². The standard InChI is InChI=1S/C29H30ClF3N2O5.C2H6/c1-17(36)21-11-8-19(30)14-22(21)23-15-26(37)35(16-25(23)39-5)24(12-13-40-28(2,3)4)27(38)34-20-9-6-18(7-10-20)29(31,32)33;1-2/h6-11,14-16,24H,12-13H2,1-5H3,(H,34,38);1-2H3. The van der Waals surface area contributed by atoms with Crippen molar-refractivity contribution < 1.29 is 32.2 Å². The molecule has 42 heavy (non-hydrogen) atoms. The van der Waals surface area contributed by atoms with Gasteiger partial charge in [-0.25, -0.2) is 0 Å². The number of rotatable bonds is 9. The van der Waals surface area contributed by atoms with Crippen LogP contribution in [0.4, 0.5) is 18.9 Å². The number of nitrogens with zero attached hydrogens (tertiary/aromatic N) is 1. The summed E-state index contributed by atoms with van der Waals surface area (Å²) in [6.45, 7) is 11.0. The van der Waals surface area contributed by atoms with Gasteiger partial charge < -0.3 is 14.8 Å². The Labute approximate surface area is 248 Å². The summed E-state index contributed by atoms with van der Waals surface area (Å²) in [5, 5.41) is 2.93. The van der Waals surface area contributed by atoms with Crippen LogP contribution in [0.3, 0.4) is 0 Å². The summed E-state index contributed by atoms with van der Waals surface area (Å²) in [5.41, 5.74) is -0.795. The second-order valence-electron chi connectivity index (χ2n) is 10.1. The molecule has 2 aromatic carbocycles. The van der Waals surface area contributed by atoms with Crippen LogP contribution in [0.25, 0.3) is 11.1 Å². The number of Topliss-reactive ketones (excluding diaryl/α,β-unsaturated/α-hetero) is 1. The first-order valence-electron chi connectivity index (χ1n) is 13.3. The van der Waals surface area contributed by atoms with E-state index in [-0.39, 0.29) is 30.2 Å². The lowest BCUT2D eigenvalue weighted by Crippen LogP contribution is -2.34. The summed E-state index contributed by atoms with van der Waals surface area (Å²) >= 11 is 6.17. The van der Waals surface area contributed by atoms with Gasteiger partial charge in [-0.2, -0.15) is 13.2 Å². The number of aromatic nitrogens is 1. The molecule has 1 amide bonds. The van der Waals surface area contributed by atoms with Crippen LogP contribution in [0.15, 0.2) is 59.5 Å². The minimum Gasteiger partial charge on any atom is -0.495 e. The minimum absolute atomic E-state index is 0.0714. The molecule has 7 nitrogen and oxygen atoms in total. The van der Waals surface area contributed by atoms with E-state index in [1.165, 1.54) is 30.9 Å². The molecule has 0 fully saturated rings. The Balaban J connectivity index is 0.00000301. The van der Waals surface area contributed by atoms with E-state index >= 15 is 0 Å². The van der Waals surface area contributed by atoms with Crippen molar-refractivity contribution in [2.75, 3.05) is 19.0 Å². The van der Waals surface area contributed by atoms with E-state index in [2.05, 4.69) is 5.32 Å². The van der Waals surface area contributed by atoms with E-state index < -0.39 is 34.8 Å². The summed E-state index contributed by atoms with van der Waals surface area (Å²) in [4.78, 5) is 39.1. The number of hydrogen-bond donors (Lipinski definition) is 1. The highest BCUT2D eigenvalue weighted by Crippen LogP contribution is 2.34. The van der Waals surface area contributed by atoms with Crippen molar-refractivity contribution >= 4 is 29.0 Å². The van der Waals surface area contributed by atoms with Crippen molar-refractivity contribution in [2.45, 2.75) is 65.8 Å². The largest absolute Gasteiger partial charge is 0.495 e. The lowest BCUT2D eigenvalue weighted by Gasteiger charge is -2.24. The molecule has 3 aromatic rings. The Morgan fingerprint density at radius 2 is 1.62 bits per heavy atom. The maximum absolute atomic E-state index is 13.4. The number of carbonyl (C=O) groups is 2. The molecule has 228 valence electrons. The van der Waals surface area contributed by atoms with E-state index in [1.807, 2.05) is 34.6 Å². The van der Waals surface area contributed by atoms with Gasteiger partial charge >= 0.3 is 6.18 Å².